The molecule has 1 aromatic heterocycles. The number of aryl methyl sites for hydroxylation is 1. The number of unbranched alkanes of at least 4 members (excludes halogenated alkanes) is 1. The van der Waals surface area contributed by atoms with Crippen molar-refractivity contribution in [3.05, 3.63) is 96.0 Å². The van der Waals surface area contributed by atoms with Crippen molar-refractivity contribution in [2.75, 3.05) is 6.61 Å². The van der Waals surface area contributed by atoms with Crippen LogP contribution in [0.2, 0.25) is 5.02 Å². The summed E-state index contributed by atoms with van der Waals surface area (Å²) in [5.74, 6) is 1.93. The molecule has 0 saturated heterocycles. The van der Waals surface area contributed by atoms with Crippen LogP contribution in [0.1, 0.15) is 18.4 Å². The van der Waals surface area contributed by atoms with Gasteiger partial charge >= 0.3 is 0 Å². The van der Waals surface area contributed by atoms with Crippen molar-refractivity contribution in [2.45, 2.75) is 25.8 Å². The molecule has 0 spiro atoms. The second-order valence-corrected chi connectivity index (χ2v) is 7.68. The summed E-state index contributed by atoms with van der Waals surface area (Å²) in [4.78, 5) is 4.87. The highest BCUT2D eigenvalue weighted by Crippen LogP contribution is 2.26. The molecule has 3 aromatic carbocycles. The molecule has 3 nitrogen and oxygen atoms in total. The maximum absolute atomic E-state index is 6.07. The molecule has 4 heteroatoms. The Bertz CT molecular complexity index is 1130. The lowest BCUT2D eigenvalue weighted by Gasteiger charge is -2.12. The van der Waals surface area contributed by atoms with Gasteiger partial charge in [0.05, 0.1) is 17.6 Å². The van der Waals surface area contributed by atoms with Gasteiger partial charge in [-0.3, -0.25) is 0 Å². The lowest BCUT2D eigenvalue weighted by Crippen LogP contribution is -2.05. The monoisotopic (exact) mass is 416 g/mol. The Morgan fingerprint density at radius 3 is 2.53 bits per heavy atom. The molecule has 4 aromatic rings. The van der Waals surface area contributed by atoms with E-state index in [9.17, 15) is 0 Å². The summed E-state index contributed by atoms with van der Waals surface area (Å²) < 4.78 is 8.33. The highest BCUT2D eigenvalue weighted by atomic mass is 35.5. The molecule has 30 heavy (non-hydrogen) atoms. The van der Waals surface area contributed by atoms with Crippen LogP contribution in [0.3, 0.4) is 0 Å². The molecule has 0 N–H and O–H groups in total. The third kappa shape index (κ3) is 4.58. The summed E-state index contributed by atoms with van der Waals surface area (Å²) in [6, 6.07) is 24.3. The van der Waals surface area contributed by atoms with Crippen molar-refractivity contribution < 1.29 is 4.74 Å². The third-order valence-corrected chi connectivity index (χ3v) is 5.38. The lowest BCUT2D eigenvalue weighted by atomic mass is 10.1. The van der Waals surface area contributed by atoms with E-state index >= 15 is 0 Å². The summed E-state index contributed by atoms with van der Waals surface area (Å²) >= 11 is 6.07. The lowest BCUT2D eigenvalue weighted by molar-refractivity contribution is 0.301. The highest BCUT2D eigenvalue weighted by molar-refractivity contribution is 6.30. The quantitative estimate of drug-likeness (QED) is 0.218. The van der Waals surface area contributed by atoms with Crippen molar-refractivity contribution in [2.24, 2.45) is 0 Å². The number of para-hydroxylation sites is 3. The Morgan fingerprint density at radius 2 is 1.70 bits per heavy atom. The van der Waals surface area contributed by atoms with E-state index < -0.39 is 0 Å². The van der Waals surface area contributed by atoms with E-state index in [1.165, 1.54) is 5.56 Å². The second kappa shape index (κ2) is 9.64. The predicted molar refractivity (Wildman–Crippen MR) is 125 cm³/mol. The molecule has 0 saturated carbocycles. The Labute approximate surface area is 182 Å². The average molecular weight is 417 g/mol. The number of nitrogens with zero attached hydrogens (tertiary/aromatic N) is 2. The second-order valence-electron chi connectivity index (χ2n) is 7.24. The minimum absolute atomic E-state index is 0.692. The molecule has 0 aliphatic rings. The summed E-state index contributed by atoms with van der Waals surface area (Å²) in [5, 5.41) is 0.732. The Balaban J connectivity index is 1.44. The number of fused-ring (bicyclic) bond motifs is 1. The molecule has 0 unspecified atom stereocenters. The maximum atomic E-state index is 6.07. The zero-order valence-electron chi connectivity index (χ0n) is 16.9. The molecule has 0 radical (unpaired) electrons. The highest BCUT2D eigenvalue weighted by Gasteiger charge is 2.12. The van der Waals surface area contributed by atoms with Crippen LogP contribution in [0.15, 0.2) is 85.5 Å². The molecule has 152 valence electrons. The van der Waals surface area contributed by atoms with E-state index in [2.05, 4.69) is 35.4 Å². The van der Waals surface area contributed by atoms with Gasteiger partial charge in [-0.25, -0.2) is 4.98 Å². The number of hydrogen-bond acceptors (Lipinski definition) is 2. The Kier molecular flexibility index (Phi) is 6.50. The Hall–Kier alpha value is -3.04. The van der Waals surface area contributed by atoms with Crippen molar-refractivity contribution in [1.82, 2.24) is 9.55 Å². The van der Waals surface area contributed by atoms with Crippen LogP contribution >= 0.6 is 11.6 Å². The molecule has 0 aliphatic carbocycles. The molecular weight excluding hydrogens is 392 g/mol. The molecule has 0 amide bonds. The van der Waals surface area contributed by atoms with Gasteiger partial charge in [-0.1, -0.05) is 48.0 Å². The van der Waals surface area contributed by atoms with Gasteiger partial charge in [0.2, 0.25) is 0 Å². The minimum Gasteiger partial charge on any atom is -0.493 e. The molecule has 0 bridgehead atoms. The van der Waals surface area contributed by atoms with Crippen molar-refractivity contribution in [3.8, 4) is 17.1 Å². The SMILES string of the molecule is C=CCc1ccccc1OCCCCn1c(-c2ccc(Cl)cc2)nc2ccccc21. The van der Waals surface area contributed by atoms with Crippen LogP contribution in [0.5, 0.6) is 5.75 Å². The molecule has 1 heterocycles. The minimum atomic E-state index is 0.692. The fraction of sp³-hybridized carbons (Fsp3) is 0.192. The van der Waals surface area contributed by atoms with E-state index in [1.807, 2.05) is 54.6 Å². The number of rotatable bonds is 9. The first kappa shape index (κ1) is 20.2. The van der Waals surface area contributed by atoms with E-state index in [0.717, 1.165) is 59.0 Å². The first-order valence-corrected chi connectivity index (χ1v) is 10.7. The number of benzene rings is 3. The Morgan fingerprint density at radius 1 is 0.933 bits per heavy atom. The topological polar surface area (TPSA) is 27.1 Å². The van der Waals surface area contributed by atoms with Crippen molar-refractivity contribution in [1.29, 1.82) is 0 Å². The van der Waals surface area contributed by atoms with Crippen LogP contribution < -0.4 is 4.74 Å². The summed E-state index contributed by atoms with van der Waals surface area (Å²) in [6.07, 6.45) is 4.70. The molecule has 0 fully saturated rings. The van der Waals surface area contributed by atoms with Crippen LogP contribution in [0.4, 0.5) is 0 Å². The van der Waals surface area contributed by atoms with E-state index in [1.54, 1.807) is 0 Å². The summed E-state index contributed by atoms with van der Waals surface area (Å²) in [6.45, 7) is 5.40. The van der Waals surface area contributed by atoms with Crippen LogP contribution in [0, 0.1) is 0 Å². The van der Waals surface area contributed by atoms with Gasteiger partial charge in [0.25, 0.3) is 0 Å². The number of aromatic nitrogens is 2. The van der Waals surface area contributed by atoms with Gasteiger partial charge in [0, 0.05) is 17.1 Å². The van der Waals surface area contributed by atoms with Crippen molar-refractivity contribution in [3.63, 3.8) is 0 Å². The zero-order valence-corrected chi connectivity index (χ0v) is 17.7. The van der Waals surface area contributed by atoms with Gasteiger partial charge in [-0.2, -0.15) is 0 Å². The number of halogens is 1. The summed E-state index contributed by atoms with van der Waals surface area (Å²) in [5.41, 5.74) is 4.42. The maximum Gasteiger partial charge on any atom is 0.141 e. The number of allylic oxidation sites excluding steroid dienone is 1. The predicted octanol–water partition coefficient (Wildman–Crippen LogP) is 6.94. The van der Waals surface area contributed by atoms with Gasteiger partial charge in [-0.05, 0) is 67.3 Å². The number of ether oxygens (including phenoxy) is 1. The molecule has 4 rings (SSSR count). The van der Waals surface area contributed by atoms with E-state index in [4.69, 9.17) is 21.3 Å². The van der Waals surface area contributed by atoms with Gasteiger partial charge in [0.1, 0.15) is 11.6 Å². The number of imidazole rings is 1. The largest absolute Gasteiger partial charge is 0.493 e. The van der Waals surface area contributed by atoms with Crippen LogP contribution in [-0.2, 0) is 13.0 Å². The standard InChI is InChI=1S/C26H25ClN2O/c1-2-9-20-10-3-6-13-25(20)30-19-8-7-18-29-24-12-5-4-11-23(24)28-26(29)21-14-16-22(27)17-15-21/h2-6,10-17H,1,7-9,18-19H2. The van der Waals surface area contributed by atoms with Gasteiger partial charge in [0.15, 0.2) is 0 Å². The third-order valence-electron chi connectivity index (χ3n) is 5.13. The number of hydrogen-bond donors (Lipinski definition) is 0. The smallest absolute Gasteiger partial charge is 0.141 e. The van der Waals surface area contributed by atoms with Gasteiger partial charge < -0.3 is 9.30 Å². The summed E-state index contributed by atoms with van der Waals surface area (Å²) in [7, 11) is 0. The first-order valence-electron chi connectivity index (χ1n) is 10.3. The first-order chi connectivity index (χ1) is 14.8. The average Bonchev–Trinajstić information content (AvgIpc) is 3.14. The van der Waals surface area contributed by atoms with E-state index in [0.29, 0.717) is 6.61 Å². The zero-order chi connectivity index (χ0) is 20.8. The van der Waals surface area contributed by atoms with E-state index in [-0.39, 0.29) is 0 Å². The van der Waals surface area contributed by atoms with Crippen LogP contribution in [-0.4, -0.2) is 16.2 Å². The normalized spacial score (nSPS) is 11.0. The fourth-order valence-corrected chi connectivity index (χ4v) is 3.77. The van der Waals surface area contributed by atoms with Crippen molar-refractivity contribution >= 4 is 22.6 Å². The molecular formula is C26H25ClN2O. The fourth-order valence-electron chi connectivity index (χ4n) is 3.64. The molecule has 0 aliphatic heterocycles. The van der Waals surface area contributed by atoms with Crippen LogP contribution in [0.25, 0.3) is 22.4 Å². The van der Waals surface area contributed by atoms with Gasteiger partial charge in [-0.15, -0.1) is 6.58 Å². The molecule has 0 atom stereocenters.